The number of carbonyl (C=O) groups is 2. The van der Waals surface area contributed by atoms with Crippen molar-refractivity contribution in [2.24, 2.45) is 0 Å². The molecule has 0 spiro atoms. The van der Waals surface area contributed by atoms with Crippen molar-refractivity contribution in [1.82, 2.24) is 5.32 Å². The summed E-state index contributed by atoms with van der Waals surface area (Å²) in [6, 6.07) is 0. The van der Waals surface area contributed by atoms with Gasteiger partial charge in [-0.3, -0.25) is 9.59 Å². The van der Waals surface area contributed by atoms with Crippen LogP contribution in [0.5, 0.6) is 0 Å². The van der Waals surface area contributed by atoms with Gasteiger partial charge in [-0.15, -0.1) is 0 Å². The van der Waals surface area contributed by atoms with E-state index in [2.05, 4.69) is 5.32 Å². The number of allylic oxidation sites excluding steroid dienone is 2. The van der Waals surface area contributed by atoms with Crippen LogP contribution in [0.15, 0.2) is 11.8 Å². The van der Waals surface area contributed by atoms with Crippen LogP contribution in [0.1, 0.15) is 32.6 Å². The summed E-state index contributed by atoms with van der Waals surface area (Å²) in [7, 11) is 0. The zero-order valence-corrected chi connectivity index (χ0v) is 7.22. The lowest BCUT2D eigenvalue weighted by Crippen LogP contribution is -2.24. The zero-order valence-electron chi connectivity index (χ0n) is 7.22. The van der Waals surface area contributed by atoms with Crippen LogP contribution in [0.3, 0.4) is 0 Å². The quantitative estimate of drug-likeness (QED) is 0.685. The highest BCUT2D eigenvalue weighted by Crippen LogP contribution is 2.10. The van der Waals surface area contributed by atoms with Gasteiger partial charge in [0, 0.05) is 12.8 Å². The molecule has 1 rings (SSSR count). The molecule has 0 radical (unpaired) electrons. The Kier molecular flexibility index (Phi) is 3.02. The van der Waals surface area contributed by atoms with Gasteiger partial charge in [-0.05, 0) is 12.8 Å². The second-order valence-electron chi connectivity index (χ2n) is 2.88. The monoisotopic (exact) mass is 167 g/mol. The first kappa shape index (κ1) is 8.97. The van der Waals surface area contributed by atoms with E-state index in [4.69, 9.17) is 0 Å². The SMILES string of the molecule is CCCC(=O)NC1=CCCC1=O. The van der Waals surface area contributed by atoms with Gasteiger partial charge in [-0.1, -0.05) is 13.0 Å². The van der Waals surface area contributed by atoms with Gasteiger partial charge >= 0.3 is 0 Å². The van der Waals surface area contributed by atoms with Gasteiger partial charge in [0.1, 0.15) is 0 Å². The average Bonchev–Trinajstić information content (AvgIpc) is 2.37. The fourth-order valence-electron chi connectivity index (χ4n) is 1.16. The summed E-state index contributed by atoms with van der Waals surface area (Å²) < 4.78 is 0. The molecule has 12 heavy (non-hydrogen) atoms. The lowest BCUT2D eigenvalue weighted by Gasteiger charge is -2.02. The maximum absolute atomic E-state index is 11.0. The van der Waals surface area contributed by atoms with Crippen molar-refractivity contribution in [3.63, 3.8) is 0 Å². The molecule has 1 aliphatic carbocycles. The summed E-state index contributed by atoms with van der Waals surface area (Å²) in [5.41, 5.74) is 0.494. The number of Topliss-reactive ketones (excluding diaryl/α,β-unsaturated/α-hetero) is 1. The molecule has 3 nitrogen and oxygen atoms in total. The minimum Gasteiger partial charge on any atom is -0.323 e. The van der Waals surface area contributed by atoms with E-state index < -0.39 is 0 Å². The van der Waals surface area contributed by atoms with Crippen LogP contribution in [0.2, 0.25) is 0 Å². The second kappa shape index (κ2) is 4.04. The molecule has 1 aliphatic rings. The van der Waals surface area contributed by atoms with Crippen molar-refractivity contribution >= 4 is 11.7 Å². The van der Waals surface area contributed by atoms with Gasteiger partial charge in [0.15, 0.2) is 5.78 Å². The number of rotatable bonds is 3. The van der Waals surface area contributed by atoms with E-state index in [0.717, 1.165) is 12.8 Å². The van der Waals surface area contributed by atoms with Crippen LogP contribution in [-0.4, -0.2) is 11.7 Å². The van der Waals surface area contributed by atoms with Gasteiger partial charge in [0.25, 0.3) is 0 Å². The van der Waals surface area contributed by atoms with E-state index in [-0.39, 0.29) is 11.7 Å². The molecule has 0 saturated heterocycles. The summed E-state index contributed by atoms with van der Waals surface area (Å²) in [5.74, 6) is -0.00143. The Hall–Kier alpha value is -1.12. The molecule has 0 aromatic rings. The van der Waals surface area contributed by atoms with Crippen molar-refractivity contribution < 1.29 is 9.59 Å². The molecule has 0 saturated carbocycles. The third-order valence-electron chi connectivity index (χ3n) is 1.77. The Morgan fingerprint density at radius 1 is 1.67 bits per heavy atom. The van der Waals surface area contributed by atoms with Gasteiger partial charge in [0.2, 0.25) is 5.91 Å². The Balaban J connectivity index is 2.40. The second-order valence-corrected chi connectivity index (χ2v) is 2.88. The molecule has 3 heteroatoms. The van der Waals surface area contributed by atoms with Gasteiger partial charge in [-0.25, -0.2) is 0 Å². The summed E-state index contributed by atoms with van der Waals surface area (Å²) in [6.45, 7) is 1.93. The fourth-order valence-corrected chi connectivity index (χ4v) is 1.16. The molecule has 0 aromatic carbocycles. The van der Waals surface area contributed by atoms with Crippen LogP contribution in [-0.2, 0) is 9.59 Å². The number of nitrogens with one attached hydrogen (secondary N) is 1. The summed E-state index contributed by atoms with van der Waals surface area (Å²) in [4.78, 5) is 22.1. The van der Waals surface area contributed by atoms with Crippen molar-refractivity contribution in [3.8, 4) is 0 Å². The number of hydrogen-bond acceptors (Lipinski definition) is 2. The van der Waals surface area contributed by atoms with Crippen LogP contribution >= 0.6 is 0 Å². The van der Waals surface area contributed by atoms with E-state index in [1.165, 1.54) is 0 Å². The largest absolute Gasteiger partial charge is 0.323 e. The van der Waals surface area contributed by atoms with E-state index in [9.17, 15) is 9.59 Å². The predicted molar refractivity (Wildman–Crippen MR) is 45.4 cm³/mol. The maximum Gasteiger partial charge on any atom is 0.224 e. The number of carbonyl (C=O) groups excluding carboxylic acids is 2. The minimum atomic E-state index is -0.0565. The first-order chi connectivity index (χ1) is 5.74. The lowest BCUT2D eigenvalue weighted by molar-refractivity contribution is -0.122. The number of amides is 1. The van der Waals surface area contributed by atoms with Crippen molar-refractivity contribution in [3.05, 3.63) is 11.8 Å². The van der Waals surface area contributed by atoms with Crippen LogP contribution in [0.25, 0.3) is 0 Å². The van der Waals surface area contributed by atoms with Crippen molar-refractivity contribution in [2.75, 3.05) is 0 Å². The zero-order chi connectivity index (χ0) is 8.97. The standard InChI is InChI=1S/C9H13NO2/c1-2-4-9(12)10-7-5-3-6-8(7)11/h5H,2-4,6H2,1H3,(H,10,12). The predicted octanol–water partition coefficient (Wildman–Crippen LogP) is 1.15. The fraction of sp³-hybridized carbons (Fsp3) is 0.556. The first-order valence-corrected chi connectivity index (χ1v) is 4.27. The topological polar surface area (TPSA) is 46.2 Å². The van der Waals surface area contributed by atoms with Crippen molar-refractivity contribution in [1.29, 1.82) is 0 Å². The van der Waals surface area contributed by atoms with E-state index in [1.54, 1.807) is 6.08 Å². The Morgan fingerprint density at radius 2 is 2.42 bits per heavy atom. The van der Waals surface area contributed by atoms with Gasteiger partial charge in [-0.2, -0.15) is 0 Å². The Morgan fingerprint density at radius 3 is 2.92 bits per heavy atom. The molecule has 0 aliphatic heterocycles. The van der Waals surface area contributed by atoms with E-state index >= 15 is 0 Å². The van der Waals surface area contributed by atoms with Crippen molar-refractivity contribution in [2.45, 2.75) is 32.6 Å². The smallest absolute Gasteiger partial charge is 0.224 e. The highest BCUT2D eigenvalue weighted by Gasteiger charge is 2.16. The summed E-state index contributed by atoms with van der Waals surface area (Å²) in [5, 5.41) is 2.60. The average molecular weight is 167 g/mol. The van der Waals surface area contributed by atoms with Crippen LogP contribution in [0, 0.1) is 0 Å². The molecule has 1 amide bonds. The molecule has 66 valence electrons. The first-order valence-electron chi connectivity index (χ1n) is 4.27. The molecular weight excluding hydrogens is 154 g/mol. The molecule has 0 atom stereocenters. The molecule has 0 unspecified atom stereocenters. The molecule has 0 aromatic heterocycles. The number of hydrogen-bond donors (Lipinski definition) is 1. The third kappa shape index (κ3) is 2.19. The molecule has 0 bridgehead atoms. The number of ketones is 1. The van der Waals surface area contributed by atoms with Crippen LogP contribution < -0.4 is 5.32 Å². The Labute approximate surface area is 71.8 Å². The van der Waals surface area contributed by atoms with Gasteiger partial charge < -0.3 is 5.32 Å². The molecular formula is C9H13NO2. The normalized spacial score (nSPS) is 16.1. The molecule has 0 fully saturated rings. The lowest BCUT2D eigenvalue weighted by atomic mass is 10.3. The highest BCUT2D eigenvalue weighted by molar-refractivity contribution is 6.00. The highest BCUT2D eigenvalue weighted by atomic mass is 16.2. The Bertz CT molecular complexity index is 231. The third-order valence-corrected chi connectivity index (χ3v) is 1.77. The molecule has 1 N–H and O–H groups in total. The van der Waals surface area contributed by atoms with E-state index in [1.807, 2.05) is 6.92 Å². The van der Waals surface area contributed by atoms with Gasteiger partial charge in [0.05, 0.1) is 5.70 Å². The molecule has 0 heterocycles. The minimum absolute atomic E-state index is 0.0550. The van der Waals surface area contributed by atoms with E-state index in [0.29, 0.717) is 18.5 Å². The van der Waals surface area contributed by atoms with Crippen LogP contribution in [0.4, 0.5) is 0 Å². The summed E-state index contributed by atoms with van der Waals surface area (Å²) >= 11 is 0. The summed E-state index contributed by atoms with van der Waals surface area (Å²) in [6.07, 6.45) is 4.40. The maximum atomic E-state index is 11.0.